The molecule has 1 aromatic heterocycles. The third-order valence-corrected chi connectivity index (χ3v) is 5.63. The Bertz CT molecular complexity index is 1080. The number of benzene rings is 1. The van der Waals surface area contributed by atoms with E-state index in [1.54, 1.807) is 16.7 Å². The first-order chi connectivity index (χ1) is 15.4. The van der Waals surface area contributed by atoms with Crippen molar-refractivity contribution in [3.63, 3.8) is 0 Å². The van der Waals surface area contributed by atoms with Gasteiger partial charge in [0.15, 0.2) is 5.75 Å². The van der Waals surface area contributed by atoms with Crippen LogP contribution >= 0.6 is 0 Å². The second kappa shape index (κ2) is 10.5. The molecule has 1 saturated carbocycles. The van der Waals surface area contributed by atoms with Crippen molar-refractivity contribution in [3.05, 3.63) is 34.1 Å². The largest absolute Gasteiger partial charge is 0.798 e. The lowest BCUT2D eigenvalue weighted by molar-refractivity contribution is 0.0693. The Morgan fingerprint density at radius 3 is 2.66 bits per heavy atom. The first-order valence-electron chi connectivity index (χ1n) is 10.8. The van der Waals surface area contributed by atoms with Crippen LogP contribution in [0.3, 0.4) is 0 Å². The van der Waals surface area contributed by atoms with E-state index in [1.165, 1.54) is 13.3 Å². The zero-order valence-corrected chi connectivity index (χ0v) is 18.3. The third kappa shape index (κ3) is 5.04. The van der Waals surface area contributed by atoms with Gasteiger partial charge in [-0.3, -0.25) is 4.79 Å². The third-order valence-electron chi connectivity index (χ3n) is 5.63. The number of carbonyl (C=O) groups excluding carboxylic acids is 1. The zero-order valence-electron chi connectivity index (χ0n) is 18.3. The normalized spacial score (nSPS) is 13.0. The first kappa shape index (κ1) is 23.6. The molecule has 0 atom stereocenters. The number of methoxy groups -OCH3 is 1. The predicted molar refractivity (Wildman–Crippen MR) is 118 cm³/mol. The van der Waals surface area contributed by atoms with Crippen LogP contribution in [0.5, 0.6) is 5.75 Å². The molecular weight excluding hydrogens is 419 g/mol. The van der Waals surface area contributed by atoms with Crippen molar-refractivity contribution in [2.24, 2.45) is 0 Å². The topological polar surface area (TPSA) is 84.6 Å². The number of unbranched alkanes of at least 4 members (excludes halogenated alkanes) is 3. The van der Waals surface area contributed by atoms with Crippen LogP contribution in [0.4, 0.5) is 14.3 Å². The van der Waals surface area contributed by atoms with E-state index in [-0.39, 0.29) is 11.4 Å². The van der Waals surface area contributed by atoms with Crippen LogP contribution in [0.15, 0.2) is 23.1 Å². The van der Waals surface area contributed by atoms with Gasteiger partial charge in [-0.25, -0.2) is 13.4 Å². The van der Waals surface area contributed by atoms with Gasteiger partial charge >= 0.3 is 13.4 Å². The highest BCUT2D eigenvalue weighted by molar-refractivity contribution is 6.38. The van der Waals surface area contributed by atoms with E-state index in [2.05, 4.69) is 15.6 Å². The van der Waals surface area contributed by atoms with Crippen molar-refractivity contribution < 1.29 is 22.8 Å². The van der Waals surface area contributed by atoms with Crippen LogP contribution in [0.25, 0.3) is 10.9 Å². The summed E-state index contributed by atoms with van der Waals surface area (Å²) in [6.45, 7) is 3.50. The van der Waals surface area contributed by atoms with E-state index < -0.39 is 24.4 Å². The number of halogens is 2. The smallest absolute Gasteiger partial charge is 0.492 e. The number of ether oxygens (including phenoxy) is 1. The Hall–Kier alpha value is -3.09. The van der Waals surface area contributed by atoms with E-state index >= 15 is 0 Å². The number of hydrogen-bond donors (Lipinski definition) is 0. The van der Waals surface area contributed by atoms with Crippen molar-refractivity contribution >= 4 is 30.0 Å². The van der Waals surface area contributed by atoms with E-state index in [0.29, 0.717) is 24.2 Å². The quantitative estimate of drug-likeness (QED) is 0.378. The minimum absolute atomic E-state index is 0.0569. The van der Waals surface area contributed by atoms with Crippen LogP contribution in [0.2, 0.25) is 0 Å². The zero-order chi connectivity index (χ0) is 23.3. The highest BCUT2D eigenvalue weighted by Crippen LogP contribution is 2.42. The van der Waals surface area contributed by atoms with E-state index in [9.17, 15) is 18.2 Å². The number of nitriles is 1. The minimum atomic E-state index is -3.30. The number of pyridine rings is 1. The van der Waals surface area contributed by atoms with E-state index in [1.807, 2.05) is 6.92 Å². The van der Waals surface area contributed by atoms with Gasteiger partial charge in [0.05, 0.1) is 29.8 Å². The van der Waals surface area contributed by atoms with Crippen molar-refractivity contribution in [2.75, 3.05) is 25.1 Å². The van der Waals surface area contributed by atoms with Crippen LogP contribution in [-0.4, -0.2) is 38.2 Å². The maximum Gasteiger partial charge on any atom is 0.798 e. The Labute approximate surface area is 185 Å². The lowest BCUT2D eigenvalue weighted by atomic mass is 10.1. The minimum Gasteiger partial charge on any atom is -0.492 e. The number of fused-ring (bicyclic) bond motifs is 1. The lowest BCUT2D eigenvalue weighted by Crippen LogP contribution is -2.26. The number of rotatable bonds is 11. The summed E-state index contributed by atoms with van der Waals surface area (Å²) < 4.78 is 36.6. The molecule has 0 unspecified atom stereocenters. The lowest BCUT2D eigenvalue weighted by Gasteiger charge is -2.27. The second-order valence-corrected chi connectivity index (χ2v) is 7.74. The van der Waals surface area contributed by atoms with E-state index in [0.717, 1.165) is 44.3 Å². The Kier molecular flexibility index (Phi) is 7.73. The fraction of sp³-hybridized carbons (Fsp3) is 0.500. The molecule has 170 valence electrons. The predicted octanol–water partition coefficient (Wildman–Crippen LogP) is 4.34. The average molecular weight is 445 g/mol. The molecule has 7 nitrogen and oxygen atoms in total. The highest BCUT2D eigenvalue weighted by Gasteiger charge is 2.31. The van der Waals surface area contributed by atoms with Gasteiger partial charge in [-0.1, -0.05) is 6.42 Å². The van der Waals surface area contributed by atoms with Gasteiger partial charge in [0.2, 0.25) is 5.43 Å². The van der Waals surface area contributed by atoms with Gasteiger partial charge < -0.3 is 18.9 Å². The Balaban J connectivity index is 2.06. The molecule has 1 aliphatic rings. The molecule has 1 fully saturated rings. The van der Waals surface area contributed by atoms with E-state index in [4.69, 9.17) is 10.00 Å². The molecule has 0 aliphatic heterocycles. The van der Waals surface area contributed by atoms with Crippen LogP contribution in [0, 0.1) is 11.3 Å². The van der Waals surface area contributed by atoms with Crippen molar-refractivity contribution in [2.45, 2.75) is 51.5 Å². The summed E-state index contributed by atoms with van der Waals surface area (Å²) in [7, 11) is -1.77. The molecule has 1 aliphatic carbocycles. The Morgan fingerprint density at radius 2 is 2.06 bits per heavy atom. The molecule has 1 heterocycles. The molecule has 3 rings (SSSR count). The number of hydrogen-bond acceptors (Lipinski definition) is 6. The van der Waals surface area contributed by atoms with Crippen molar-refractivity contribution in [1.29, 1.82) is 5.26 Å². The van der Waals surface area contributed by atoms with Gasteiger partial charge in [-0.2, -0.15) is 5.26 Å². The summed E-state index contributed by atoms with van der Waals surface area (Å²) in [6, 6.07) is 5.59. The second-order valence-electron chi connectivity index (χ2n) is 7.74. The molecule has 0 N–H and O–H groups in total. The monoisotopic (exact) mass is 445 g/mol. The average Bonchev–Trinajstić information content (AvgIpc) is 3.60. The van der Waals surface area contributed by atoms with Gasteiger partial charge in [-0.15, -0.1) is 0 Å². The number of nitrogens with zero attached hydrogens (tertiary/aromatic N) is 3. The summed E-state index contributed by atoms with van der Waals surface area (Å²) in [5.74, 6) is -0.823. The summed E-state index contributed by atoms with van der Waals surface area (Å²) in [6.07, 6.45) is 6.25. The summed E-state index contributed by atoms with van der Waals surface area (Å²) >= 11 is 0. The maximum atomic E-state index is 13.0. The van der Waals surface area contributed by atoms with Crippen LogP contribution in [0.1, 0.15) is 61.8 Å². The van der Waals surface area contributed by atoms with Crippen LogP contribution in [-0.2, 0) is 4.65 Å². The molecule has 0 spiro atoms. The summed E-state index contributed by atoms with van der Waals surface area (Å²) in [4.78, 5) is 27.2. The van der Waals surface area contributed by atoms with Crippen molar-refractivity contribution in [1.82, 2.24) is 4.57 Å². The number of anilines is 1. The van der Waals surface area contributed by atoms with Crippen molar-refractivity contribution in [3.8, 4) is 11.8 Å². The molecule has 32 heavy (non-hydrogen) atoms. The van der Waals surface area contributed by atoms with Gasteiger partial charge in [0.1, 0.15) is 5.56 Å². The molecule has 10 heteroatoms. The standard InChI is InChI=1S/C22H26BF2N3O4/c1-3-27(13-7-5-4-6-12-26)18-11-10-16-19(21(18)31-2)28(15-8-9-15)14-17(20(16)29)22(30)32-23(24)25/h10-11,14-15H,3-9,13H2,1-2H3. The molecule has 0 bridgehead atoms. The highest BCUT2D eigenvalue weighted by atomic mass is 19.2. The number of aromatic nitrogens is 1. The fourth-order valence-electron chi connectivity index (χ4n) is 3.92. The molecule has 0 amide bonds. The summed E-state index contributed by atoms with van der Waals surface area (Å²) in [5.41, 5.74) is 0.296. The summed E-state index contributed by atoms with van der Waals surface area (Å²) in [5, 5.41) is 8.92. The van der Waals surface area contributed by atoms with Crippen LogP contribution < -0.4 is 15.1 Å². The maximum absolute atomic E-state index is 13.0. The molecule has 0 saturated heterocycles. The SMILES string of the molecule is CCN(CCCCCC#N)c1ccc2c(=O)c(C(=O)OB(F)F)cn(C3CC3)c2c1OC. The van der Waals surface area contributed by atoms with Gasteiger partial charge in [0, 0.05) is 31.7 Å². The Morgan fingerprint density at radius 1 is 1.31 bits per heavy atom. The molecule has 0 radical (unpaired) electrons. The molecule has 2 aromatic rings. The van der Waals surface area contributed by atoms with Gasteiger partial charge in [0.25, 0.3) is 0 Å². The first-order valence-corrected chi connectivity index (χ1v) is 10.8. The van der Waals surface area contributed by atoms with Gasteiger partial charge in [-0.05, 0) is 44.7 Å². The molecule has 1 aromatic carbocycles. The molecular formula is C22H26BF2N3O4. The fourth-order valence-corrected chi connectivity index (χ4v) is 3.92. The number of carbonyl (C=O) groups is 1.